The molecule has 6 nitrogen and oxygen atoms in total. The van der Waals surface area contributed by atoms with Gasteiger partial charge in [0.2, 0.25) is 0 Å². The Morgan fingerprint density at radius 3 is 2.37 bits per heavy atom. The lowest BCUT2D eigenvalue weighted by Gasteiger charge is -2.36. The molecule has 2 heterocycles. The highest BCUT2D eigenvalue weighted by molar-refractivity contribution is 5.95. The molecule has 3 fully saturated rings. The fourth-order valence-corrected chi connectivity index (χ4v) is 5.20. The van der Waals surface area contributed by atoms with Crippen molar-refractivity contribution >= 4 is 5.91 Å². The van der Waals surface area contributed by atoms with Crippen LogP contribution in [0.3, 0.4) is 0 Å². The number of methoxy groups -OCH3 is 2. The minimum Gasteiger partial charge on any atom is -0.493 e. The lowest BCUT2D eigenvalue weighted by molar-refractivity contribution is 0.0268. The molecule has 0 aromatic heterocycles. The van der Waals surface area contributed by atoms with Gasteiger partial charge in [-0.05, 0) is 56.7 Å². The Labute approximate surface area is 180 Å². The Kier molecular flexibility index (Phi) is 7.16. The van der Waals surface area contributed by atoms with E-state index in [1.54, 1.807) is 14.2 Å². The molecule has 30 heavy (non-hydrogen) atoms. The van der Waals surface area contributed by atoms with E-state index in [1.165, 1.54) is 25.7 Å². The number of rotatable bonds is 6. The predicted octanol–water partition coefficient (Wildman–Crippen LogP) is 3.73. The fourth-order valence-electron chi connectivity index (χ4n) is 5.20. The van der Waals surface area contributed by atoms with E-state index in [-0.39, 0.29) is 18.1 Å². The van der Waals surface area contributed by atoms with Gasteiger partial charge in [-0.25, -0.2) is 0 Å². The Bertz CT molecular complexity index is 711. The first-order chi connectivity index (χ1) is 14.7. The maximum Gasteiger partial charge on any atom is 0.254 e. The highest BCUT2D eigenvalue weighted by Gasteiger charge is 2.29. The lowest BCUT2D eigenvalue weighted by atomic mass is 10.0. The molecule has 1 atom stereocenters. The predicted molar refractivity (Wildman–Crippen MR) is 116 cm³/mol. The Balaban J connectivity index is 1.36. The SMILES string of the molecule is COc1cc(C(=O)N2CCCC(OC)C2)ccc1OC1CCN(C2CCCC2)CC1. The molecular formula is C24H36N2O4. The lowest BCUT2D eigenvalue weighted by Crippen LogP contribution is -2.43. The van der Waals surface area contributed by atoms with Crippen LogP contribution >= 0.6 is 0 Å². The number of nitrogens with zero attached hydrogens (tertiary/aromatic N) is 2. The van der Waals surface area contributed by atoms with Gasteiger partial charge in [0.25, 0.3) is 5.91 Å². The summed E-state index contributed by atoms with van der Waals surface area (Å²) >= 11 is 0. The van der Waals surface area contributed by atoms with Gasteiger partial charge in [-0.1, -0.05) is 12.8 Å². The normalized spacial score (nSPS) is 24.2. The van der Waals surface area contributed by atoms with Crippen molar-refractivity contribution in [1.82, 2.24) is 9.80 Å². The molecule has 0 bridgehead atoms. The summed E-state index contributed by atoms with van der Waals surface area (Å²) in [7, 11) is 3.35. The molecule has 1 amide bonds. The molecule has 6 heteroatoms. The fraction of sp³-hybridized carbons (Fsp3) is 0.708. The zero-order valence-corrected chi connectivity index (χ0v) is 18.5. The quantitative estimate of drug-likeness (QED) is 0.707. The summed E-state index contributed by atoms with van der Waals surface area (Å²) in [6.45, 7) is 3.65. The van der Waals surface area contributed by atoms with Crippen molar-refractivity contribution in [1.29, 1.82) is 0 Å². The van der Waals surface area contributed by atoms with Crippen molar-refractivity contribution in [3.63, 3.8) is 0 Å². The van der Waals surface area contributed by atoms with Gasteiger partial charge >= 0.3 is 0 Å². The molecule has 166 valence electrons. The van der Waals surface area contributed by atoms with Gasteiger partial charge in [-0.3, -0.25) is 4.79 Å². The molecule has 1 aromatic rings. The second-order valence-corrected chi connectivity index (χ2v) is 8.91. The summed E-state index contributed by atoms with van der Waals surface area (Å²) in [5, 5.41) is 0. The van der Waals surface area contributed by atoms with Gasteiger partial charge < -0.3 is 24.0 Å². The van der Waals surface area contributed by atoms with Crippen LogP contribution in [0.2, 0.25) is 0 Å². The second kappa shape index (κ2) is 10.0. The summed E-state index contributed by atoms with van der Waals surface area (Å²) < 4.78 is 17.3. The molecule has 0 radical (unpaired) electrons. The van der Waals surface area contributed by atoms with Crippen LogP contribution in [0.5, 0.6) is 11.5 Å². The highest BCUT2D eigenvalue weighted by Crippen LogP contribution is 2.32. The third kappa shape index (κ3) is 4.92. The van der Waals surface area contributed by atoms with Gasteiger partial charge in [-0.15, -0.1) is 0 Å². The second-order valence-electron chi connectivity index (χ2n) is 8.91. The number of ether oxygens (including phenoxy) is 3. The van der Waals surface area contributed by atoms with Crippen molar-refractivity contribution in [2.75, 3.05) is 40.4 Å². The standard InChI is InChI=1S/C24H36N2O4/c1-28-21-8-5-13-26(17-21)24(27)18-9-10-22(23(16-18)29-2)30-20-11-14-25(15-12-20)19-6-3-4-7-19/h9-10,16,19-21H,3-8,11-15,17H2,1-2H3. The van der Waals surface area contributed by atoms with Gasteiger partial charge in [-0.2, -0.15) is 0 Å². The summed E-state index contributed by atoms with van der Waals surface area (Å²) in [4.78, 5) is 17.5. The number of carbonyl (C=O) groups excluding carboxylic acids is 1. The third-order valence-electron chi connectivity index (χ3n) is 7.02. The third-order valence-corrected chi connectivity index (χ3v) is 7.02. The zero-order chi connectivity index (χ0) is 20.9. The molecule has 0 spiro atoms. The average Bonchev–Trinajstić information content (AvgIpc) is 3.34. The van der Waals surface area contributed by atoms with Gasteiger partial charge in [0.1, 0.15) is 6.10 Å². The Hall–Kier alpha value is -1.79. The number of hydrogen-bond donors (Lipinski definition) is 0. The number of piperidine rings is 2. The molecule has 3 aliphatic rings. The van der Waals surface area contributed by atoms with E-state index < -0.39 is 0 Å². The number of benzene rings is 1. The number of amides is 1. The molecule has 0 N–H and O–H groups in total. The van der Waals surface area contributed by atoms with Crippen molar-refractivity contribution < 1.29 is 19.0 Å². The van der Waals surface area contributed by atoms with Crippen molar-refractivity contribution in [2.45, 2.75) is 69.6 Å². The summed E-state index contributed by atoms with van der Waals surface area (Å²) in [5.74, 6) is 1.41. The molecule has 1 unspecified atom stereocenters. The molecule has 1 aliphatic carbocycles. The van der Waals surface area contributed by atoms with E-state index >= 15 is 0 Å². The van der Waals surface area contributed by atoms with Crippen LogP contribution in [0, 0.1) is 0 Å². The van der Waals surface area contributed by atoms with Crippen LogP contribution in [0.25, 0.3) is 0 Å². The van der Waals surface area contributed by atoms with Crippen LogP contribution in [0.15, 0.2) is 18.2 Å². The number of likely N-dealkylation sites (tertiary alicyclic amines) is 2. The molecular weight excluding hydrogens is 380 g/mol. The highest BCUT2D eigenvalue weighted by atomic mass is 16.5. The Morgan fingerprint density at radius 1 is 0.900 bits per heavy atom. The Morgan fingerprint density at radius 2 is 1.67 bits per heavy atom. The van der Waals surface area contributed by atoms with Crippen LogP contribution in [0.1, 0.15) is 61.7 Å². The topological polar surface area (TPSA) is 51.2 Å². The minimum atomic E-state index is 0.0338. The number of hydrogen-bond acceptors (Lipinski definition) is 5. The van der Waals surface area contributed by atoms with E-state index in [1.807, 2.05) is 23.1 Å². The molecule has 4 rings (SSSR count). The van der Waals surface area contributed by atoms with E-state index in [0.29, 0.717) is 17.9 Å². The van der Waals surface area contributed by atoms with Crippen LogP contribution in [-0.2, 0) is 4.74 Å². The van der Waals surface area contributed by atoms with E-state index in [0.717, 1.165) is 57.1 Å². The number of carbonyl (C=O) groups is 1. The molecule has 2 aliphatic heterocycles. The first kappa shape index (κ1) is 21.4. The van der Waals surface area contributed by atoms with Crippen molar-refractivity contribution in [2.24, 2.45) is 0 Å². The largest absolute Gasteiger partial charge is 0.493 e. The minimum absolute atomic E-state index is 0.0338. The smallest absolute Gasteiger partial charge is 0.254 e. The van der Waals surface area contributed by atoms with Crippen molar-refractivity contribution in [3.05, 3.63) is 23.8 Å². The van der Waals surface area contributed by atoms with Crippen molar-refractivity contribution in [3.8, 4) is 11.5 Å². The zero-order valence-electron chi connectivity index (χ0n) is 18.5. The molecule has 1 aromatic carbocycles. The van der Waals surface area contributed by atoms with Crippen LogP contribution in [0.4, 0.5) is 0 Å². The summed E-state index contributed by atoms with van der Waals surface area (Å²) in [5.41, 5.74) is 0.645. The monoisotopic (exact) mass is 416 g/mol. The van der Waals surface area contributed by atoms with E-state index in [4.69, 9.17) is 14.2 Å². The average molecular weight is 417 g/mol. The first-order valence-electron chi connectivity index (χ1n) is 11.6. The maximum absolute atomic E-state index is 13.0. The molecule has 2 saturated heterocycles. The first-order valence-corrected chi connectivity index (χ1v) is 11.6. The van der Waals surface area contributed by atoms with Crippen LogP contribution in [-0.4, -0.2) is 74.4 Å². The molecule has 1 saturated carbocycles. The summed E-state index contributed by atoms with van der Waals surface area (Å²) in [6, 6.07) is 6.37. The maximum atomic E-state index is 13.0. The van der Waals surface area contributed by atoms with Gasteiger partial charge in [0.15, 0.2) is 11.5 Å². The van der Waals surface area contributed by atoms with Crippen LogP contribution < -0.4 is 9.47 Å². The van der Waals surface area contributed by atoms with E-state index in [9.17, 15) is 4.79 Å². The summed E-state index contributed by atoms with van der Waals surface area (Å²) in [6.07, 6.45) is 9.90. The van der Waals surface area contributed by atoms with Gasteiger partial charge in [0.05, 0.1) is 13.2 Å². The van der Waals surface area contributed by atoms with Gasteiger partial charge in [0, 0.05) is 44.9 Å². The van der Waals surface area contributed by atoms with E-state index in [2.05, 4.69) is 4.90 Å².